The molecule has 0 amide bonds. The first-order chi connectivity index (χ1) is 10.3. The van der Waals surface area contributed by atoms with Gasteiger partial charge in [0.15, 0.2) is 0 Å². The van der Waals surface area contributed by atoms with Gasteiger partial charge in [-0.2, -0.15) is 0 Å². The third-order valence-corrected chi connectivity index (χ3v) is 5.67. The van der Waals surface area contributed by atoms with Crippen LogP contribution in [-0.4, -0.2) is 5.33 Å². The summed E-state index contributed by atoms with van der Waals surface area (Å²) >= 11 is 3.56. The minimum Gasteiger partial charge on any atom is -0.0925 e. The Morgan fingerprint density at radius 3 is 1.24 bits per heavy atom. The number of alkyl halides is 1. The van der Waals surface area contributed by atoms with Crippen LogP contribution < -0.4 is 0 Å². The van der Waals surface area contributed by atoms with Crippen molar-refractivity contribution in [2.45, 2.75) is 117 Å². The number of hydrogen-bond donors (Lipinski definition) is 0. The largest absolute Gasteiger partial charge is 0.0925 e. The van der Waals surface area contributed by atoms with Crippen LogP contribution in [0.25, 0.3) is 0 Å². The van der Waals surface area contributed by atoms with Crippen molar-refractivity contribution in [1.82, 2.24) is 0 Å². The molecule has 0 saturated carbocycles. The van der Waals surface area contributed by atoms with Gasteiger partial charge in [-0.1, -0.05) is 126 Å². The van der Waals surface area contributed by atoms with E-state index in [9.17, 15) is 0 Å². The van der Waals surface area contributed by atoms with Gasteiger partial charge in [0, 0.05) is 5.33 Å². The highest BCUT2D eigenvalue weighted by Gasteiger charge is 1.99. The van der Waals surface area contributed by atoms with Crippen LogP contribution >= 0.6 is 15.9 Å². The lowest BCUT2D eigenvalue weighted by molar-refractivity contribution is 0.506. The molecule has 0 aliphatic heterocycles. The first kappa shape index (κ1) is 21.5. The van der Waals surface area contributed by atoms with E-state index in [1.807, 2.05) is 0 Å². The van der Waals surface area contributed by atoms with E-state index in [-0.39, 0.29) is 0 Å². The van der Waals surface area contributed by atoms with E-state index in [0.717, 1.165) is 5.92 Å². The van der Waals surface area contributed by atoms with Crippen LogP contribution in [0.1, 0.15) is 117 Å². The smallest absolute Gasteiger partial charge is 0.00570 e. The van der Waals surface area contributed by atoms with Crippen molar-refractivity contribution in [2.75, 3.05) is 5.33 Å². The second-order valence-electron chi connectivity index (χ2n) is 7.00. The third kappa shape index (κ3) is 18.4. The molecule has 0 heterocycles. The molecule has 0 spiro atoms. The molecule has 0 aromatic heterocycles. The second-order valence-corrected chi connectivity index (χ2v) is 7.65. The van der Waals surface area contributed by atoms with E-state index >= 15 is 0 Å². The van der Waals surface area contributed by atoms with Crippen molar-refractivity contribution >= 4 is 15.9 Å². The summed E-state index contributed by atoms with van der Waals surface area (Å²) in [6, 6.07) is 0. The van der Waals surface area contributed by atoms with Gasteiger partial charge in [0.05, 0.1) is 0 Å². The number of rotatable bonds is 17. The van der Waals surface area contributed by atoms with Crippen LogP contribution in [0.3, 0.4) is 0 Å². The summed E-state index contributed by atoms with van der Waals surface area (Å²) in [6.45, 7) is 4.64. The zero-order valence-electron chi connectivity index (χ0n) is 15.0. The molecule has 0 aromatic carbocycles. The summed E-state index contributed by atoms with van der Waals surface area (Å²) in [5, 5.41) is 1.17. The molecule has 1 atom stereocenters. The Labute approximate surface area is 144 Å². The van der Waals surface area contributed by atoms with Crippen LogP contribution in [0, 0.1) is 5.92 Å². The second kappa shape index (κ2) is 18.5. The van der Waals surface area contributed by atoms with Crippen LogP contribution in [0.5, 0.6) is 0 Å². The Balaban J connectivity index is 2.96. The molecule has 0 fully saturated rings. The molecule has 0 rings (SSSR count). The first-order valence-electron chi connectivity index (χ1n) is 9.87. The normalized spacial score (nSPS) is 12.7. The van der Waals surface area contributed by atoms with Gasteiger partial charge in [0.25, 0.3) is 0 Å². The lowest BCUT2D eigenvalue weighted by Gasteiger charge is -2.06. The molecule has 0 aliphatic rings. The fraction of sp³-hybridized carbons (Fsp3) is 1.00. The molecule has 128 valence electrons. The van der Waals surface area contributed by atoms with Crippen LogP contribution in [0.4, 0.5) is 0 Å². The molecule has 0 nitrogen and oxygen atoms in total. The predicted molar refractivity (Wildman–Crippen MR) is 103 cm³/mol. The maximum Gasteiger partial charge on any atom is 0.00570 e. The van der Waals surface area contributed by atoms with Gasteiger partial charge in [-0.3, -0.25) is 0 Å². The summed E-state index contributed by atoms with van der Waals surface area (Å²) in [7, 11) is 0. The summed E-state index contributed by atoms with van der Waals surface area (Å²) in [4.78, 5) is 0. The predicted octanol–water partition coefficient (Wildman–Crippen LogP) is 8.28. The maximum absolute atomic E-state index is 3.56. The van der Waals surface area contributed by atoms with Gasteiger partial charge in [-0.15, -0.1) is 0 Å². The monoisotopic (exact) mass is 360 g/mol. The average molecular weight is 361 g/mol. The molecule has 0 aromatic rings. The Kier molecular flexibility index (Phi) is 19.0. The Bertz CT molecular complexity index is 179. The minimum atomic E-state index is 0.868. The van der Waals surface area contributed by atoms with Gasteiger partial charge in [0.1, 0.15) is 0 Å². The molecule has 0 saturated heterocycles. The SMILES string of the molecule is CCCCCCCCCCCCCCCCCC(C)CBr. The highest BCUT2D eigenvalue weighted by molar-refractivity contribution is 9.09. The number of halogens is 1. The van der Waals surface area contributed by atoms with Crippen molar-refractivity contribution < 1.29 is 0 Å². The van der Waals surface area contributed by atoms with Crippen molar-refractivity contribution in [3.8, 4) is 0 Å². The van der Waals surface area contributed by atoms with Gasteiger partial charge in [-0.05, 0) is 12.3 Å². The van der Waals surface area contributed by atoms with Crippen molar-refractivity contribution in [1.29, 1.82) is 0 Å². The fourth-order valence-electron chi connectivity index (χ4n) is 2.94. The standard InChI is InChI=1S/C20H41Br/c1-3-4-5-6-7-8-9-10-11-12-13-14-15-16-17-18-20(2)19-21/h20H,3-19H2,1-2H3. The van der Waals surface area contributed by atoms with E-state index in [1.54, 1.807) is 0 Å². The van der Waals surface area contributed by atoms with Crippen LogP contribution in [0.15, 0.2) is 0 Å². The van der Waals surface area contributed by atoms with Gasteiger partial charge < -0.3 is 0 Å². The van der Waals surface area contributed by atoms with E-state index in [0.29, 0.717) is 0 Å². The average Bonchev–Trinajstić information content (AvgIpc) is 2.50. The van der Waals surface area contributed by atoms with Crippen molar-refractivity contribution in [3.63, 3.8) is 0 Å². The molecule has 1 heteroatoms. The summed E-state index contributed by atoms with van der Waals surface area (Å²) < 4.78 is 0. The summed E-state index contributed by atoms with van der Waals surface area (Å²) in [5.74, 6) is 0.868. The molecule has 21 heavy (non-hydrogen) atoms. The molecular weight excluding hydrogens is 320 g/mol. The minimum absolute atomic E-state index is 0.868. The zero-order chi connectivity index (χ0) is 15.6. The van der Waals surface area contributed by atoms with Crippen LogP contribution in [0.2, 0.25) is 0 Å². The van der Waals surface area contributed by atoms with Gasteiger partial charge >= 0.3 is 0 Å². The molecule has 0 radical (unpaired) electrons. The van der Waals surface area contributed by atoms with Gasteiger partial charge in [-0.25, -0.2) is 0 Å². The fourth-order valence-corrected chi connectivity index (χ4v) is 3.27. The lowest BCUT2D eigenvalue weighted by atomic mass is 10.0. The van der Waals surface area contributed by atoms with E-state index in [2.05, 4.69) is 29.8 Å². The summed E-state index contributed by atoms with van der Waals surface area (Å²) in [6.07, 6.45) is 23.3. The third-order valence-electron chi connectivity index (χ3n) is 4.56. The van der Waals surface area contributed by atoms with Crippen LogP contribution in [-0.2, 0) is 0 Å². The van der Waals surface area contributed by atoms with Crippen molar-refractivity contribution in [2.24, 2.45) is 5.92 Å². The zero-order valence-corrected chi connectivity index (χ0v) is 16.6. The number of hydrogen-bond acceptors (Lipinski definition) is 0. The Morgan fingerprint density at radius 2 is 0.905 bits per heavy atom. The molecule has 0 bridgehead atoms. The lowest BCUT2D eigenvalue weighted by Crippen LogP contribution is -1.94. The molecular formula is C20H41Br. The van der Waals surface area contributed by atoms with E-state index < -0.39 is 0 Å². The summed E-state index contributed by atoms with van der Waals surface area (Å²) in [5.41, 5.74) is 0. The molecule has 1 unspecified atom stereocenters. The number of unbranched alkanes of at least 4 members (excludes halogenated alkanes) is 14. The topological polar surface area (TPSA) is 0 Å². The van der Waals surface area contributed by atoms with E-state index in [4.69, 9.17) is 0 Å². The molecule has 0 aliphatic carbocycles. The Hall–Kier alpha value is 0.480. The van der Waals surface area contributed by atoms with Crippen molar-refractivity contribution in [3.05, 3.63) is 0 Å². The highest BCUT2D eigenvalue weighted by Crippen LogP contribution is 2.15. The highest BCUT2D eigenvalue weighted by atomic mass is 79.9. The first-order valence-corrected chi connectivity index (χ1v) is 11.0. The molecule has 0 N–H and O–H groups in total. The van der Waals surface area contributed by atoms with Gasteiger partial charge in [0.2, 0.25) is 0 Å². The van der Waals surface area contributed by atoms with E-state index in [1.165, 1.54) is 108 Å². The Morgan fingerprint density at radius 1 is 0.571 bits per heavy atom. The maximum atomic E-state index is 3.56. The quantitative estimate of drug-likeness (QED) is 0.181.